The van der Waals surface area contributed by atoms with Crippen LogP contribution in [-0.2, 0) is 16.9 Å². The van der Waals surface area contributed by atoms with Crippen LogP contribution in [0.25, 0.3) is 0 Å². The molecular formula is C25H27Cl2FN6O. The van der Waals surface area contributed by atoms with Crippen LogP contribution in [0.1, 0.15) is 55.5 Å². The first-order valence-electron chi connectivity index (χ1n) is 12.0. The third-order valence-electron chi connectivity index (χ3n) is 8.45. The first-order valence-corrected chi connectivity index (χ1v) is 12.8. The fourth-order valence-electron chi connectivity index (χ4n) is 7.33. The van der Waals surface area contributed by atoms with Gasteiger partial charge < -0.3 is 5.32 Å². The number of halogens is 3. The van der Waals surface area contributed by atoms with Crippen molar-refractivity contribution < 1.29 is 9.18 Å². The molecule has 0 aliphatic heterocycles. The maximum atomic E-state index is 14.4. The quantitative estimate of drug-likeness (QED) is 0.484. The Morgan fingerprint density at radius 3 is 2.57 bits per heavy atom. The molecule has 4 saturated carbocycles. The molecule has 0 saturated heterocycles. The average molecular weight is 517 g/mol. The molecule has 2 aromatic heterocycles. The average Bonchev–Trinajstić information content (AvgIpc) is 3.34. The molecule has 2 atom stereocenters. The van der Waals surface area contributed by atoms with Gasteiger partial charge in [-0.1, -0.05) is 17.7 Å². The zero-order valence-corrected chi connectivity index (χ0v) is 21.2. The van der Waals surface area contributed by atoms with E-state index in [2.05, 4.69) is 20.5 Å². The molecule has 4 fully saturated rings. The summed E-state index contributed by atoms with van der Waals surface area (Å²) in [6, 6.07) is 4.64. The summed E-state index contributed by atoms with van der Waals surface area (Å²) in [5.41, 5.74) is 1.88. The van der Waals surface area contributed by atoms with Crippen molar-refractivity contribution >= 4 is 34.8 Å². The summed E-state index contributed by atoms with van der Waals surface area (Å²) in [6.07, 6.45) is 7.41. The van der Waals surface area contributed by atoms with Crippen LogP contribution >= 0.6 is 23.2 Å². The SMILES string of the molecule is Cc1nn(Cc2c(F)cccc2Cl)c(C)c1NC(=O)C12CC3CC(C1)CC(n1cnc(Cl)n1)(C3)C2. The highest BCUT2D eigenvalue weighted by atomic mass is 35.5. The summed E-state index contributed by atoms with van der Waals surface area (Å²) in [5, 5.41) is 12.9. The number of rotatable bonds is 5. The minimum absolute atomic E-state index is 0.0388. The predicted octanol–water partition coefficient (Wildman–Crippen LogP) is 5.52. The number of amides is 1. The van der Waals surface area contributed by atoms with E-state index in [0.717, 1.165) is 37.8 Å². The normalized spacial score (nSPS) is 29.1. The van der Waals surface area contributed by atoms with E-state index in [-0.39, 0.29) is 29.1 Å². The van der Waals surface area contributed by atoms with Gasteiger partial charge in [-0.15, -0.1) is 5.10 Å². The first kappa shape index (κ1) is 23.0. The van der Waals surface area contributed by atoms with E-state index in [1.54, 1.807) is 23.1 Å². The summed E-state index contributed by atoms with van der Waals surface area (Å²) in [6.45, 7) is 3.95. The Labute approximate surface area is 213 Å². The summed E-state index contributed by atoms with van der Waals surface area (Å²) in [5.74, 6) is 0.635. The zero-order valence-electron chi connectivity index (χ0n) is 19.7. The van der Waals surface area contributed by atoms with Crippen molar-refractivity contribution in [2.45, 2.75) is 64.5 Å². The topological polar surface area (TPSA) is 77.6 Å². The Bertz CT molecular complexity index is 1300. The van der Waals surface area contributed by atoms with E-state index in [1.807, 2.05) is 18.5 Å². The molecule has 0 radical (unpaired) electrons. The second kappa shape index (κ2) is 8.03. The molecule has 7 rings (SSSR count). The van der Waals surface area contributed by atoms with Gasteiger partial charge in [-0.2, -0.15) is 5.10 Å². The van der Waals surface area contributed by atoms with Gasteiger partial charge >= 0.3 is 0 Å². The number of nitrogens with zero attached hydrogens (tertiary/aromatic N) is 5. The van der Waals surface area contributed by atoms with Gasteiger partial charge in [0.05, 0.1) is 34.6 Å². The van der Waals surface area contributed by atoms with Crippen LogP contribution in [-0.4, -0.2) is 30.5 Å². The first-order chi connectivity index (χ1) is 16.7. The van der Waals surface area contributed by atoms with Crippen LogP contribution in [0.2, 0.25) is 10.3 Å². The molecule has 2 heterocycles. The second-order valence-electron chi connectivity index (χ2n) is 10.8. The van der Waals surface area contributed by atoms with Crippen molar-refractivity contribution in [2.24, 2.45) is 17.3 Å². The van der Waals surface area contributed by atoms with E-state index < -0.39 is 5.41 Å². The number of hydrogen-bond acceptors (Lipinski definition) is 4. The van der Waals surface area contributed by atoms with Crippen molar-refractivity contribution in [3.05, 3.63) is 57.6 Å². The lowest BCUT2D eigenvalue weighted by Gasteiger charge is -2.60. The molecule has 1 N–H and O–H groups in total. The molecule has 10 heteroatoms. The highest BCUT2D eigenvalue weighted by Gasteiger charge is 2.61. The largest absolute Gasteiger partial charge is 0.322 e. The van der Waals surface area contributed by atoms with Crippen molar-refractivity contribution in [3.8, 4) is 0 Å². The fourth-order valence-corrected chi connectivity index (χ4v) is 7.68. The molecule has 7 nitrogen and oxygen atoms in total. The van der Waals surface area contributed by atoms with Gasteiger partial charge in [-0.3, -0.25) is 9.48 Å². The van der Waals surface area contributed by atoms with Crippen LogP contribution in [0.5, 0.6) is 0 Å². The predicted molar refractivity (Wildman–Crippen MR) is 131 cm³/mol. The molecule has 35 heavy (non-hydrogen) atoms. The second-order valence-corrected chi connectivity index (χ2v) is 11.5. The van der Waals surface area contributed by atoms with Gasteiger partial charge in [-0.05, 0) is 87.9 Å². The van der Waals surface area contributed by atoms with Crippen LogP contribution in [0.3, 0.4) is 0 Å². The van der Waals surface area contributed by atoms with E-state index >= 15 is 0 Å². The minimum atomic E-state index is -0.460. The number of carbonyl (C=O) groups is 1. The van der Waals surface area contributed by atoms with Crippen LogP contribution in [0, 0.1) is 36.9 Å². The third kappa shape index (κ3) is 3.68. The third-order valence-corrected chi connectivity index (χ3v) is 8.98. The van der Waals surface area contributed by atoms with Crippen LogP contribution < -0.4 is 5.32 Å². The van der Waals surface area contributed by atoms with Crippen LogP contribution in [0.4, 0.5) is 10.1 Å². The molecule has 4 aliphatic carbocycles. The summed E-state index contributed by atoms with van der Waals surface area (Å²) in [4.78, 5) is 18.1. The van der Waals surface area contributed by atoms with Gasteiger partial charge in [0, 0.05) is 10.6 Å². The lowest BCUT2D eigenvalue weighted by Crippen LogP contribution is -2.60. The molecule has 0 spiro atoms. The minimum Gasteiger partial charge on any atom is -0.322 e. The highest BCUT2D eigenvalue weighted by molar-refractivity contribution is 6.31. The monoisotopic (exact) mass is 516 g/mol. The van der Waals surface area contributed by atoms with E-state index in [0.29, 0.717) is 33.8 Å². The smallest absolute Gasteiger partial charge is 0.242 e. The fraction of sp³-hybridized carbons (Fsp3) is 0.520. The van der Waals surface area contributed by atoms with Crippen molar-refractivity contribution in [2.75, 3.05) is 5.32 Å². The Hall–Kier alpha value is -2.45. The van der Waals surface area contributed by atoms with Gasteiger partial charge in [-0.25, -0.2) is 14.1 Å². The Morgan fingerprint density at radius 1 is 1.17 bits per heavy atom. The summed E-state index contributed by atoms with van der Waals surface area (Å²) in [7, 11) is 0. The standard InChI is InChI=1S/C25H27Cl2FN6O/c1-14-21(15(2)33(31-14)11-18-19(26)4-3-5-20(18)28)30-22(35)24-7-16-6-17(8-24)10-25(9-16,12-24)34-13-29-23(27)32-34/h3-5,13,16-17H,6-12H2,1-2H3,(H,30,35). The van der Waals surface area contributed by atoms with Crippen molar-refractivity contribution in [1.29, 1.82) is 0 Å². The number of aryl methyl sites for hydroxylation is 1. The number of nitrogens with one attached hydrogen (secondary N) is 1. The zero-order chi connectivity index (χ0) is 24.5. The molecular weight excluding hydrogens is 490 g/mol. The molecule has 4 aliphatic rings. The maximum Gasteiger partial charge on any atom is 0.242 e. The van der Waals surface area contributed by atoms with Crippen LogP contribution in [0.15, 0.2) is 24.5 Å². The molecule has 1 amide bonds. The Kier molecular flexibility index (Phi) is 5.27. The van der Waals surface area contributed by atoms with E-state index in [1.165, 1.54) is 12.5 Å². The van der Waals surface area contributed by atoms with E-state index in [9.17, 15) is 9.18 Å². The van der Waals surface area contributed by atoms with Gasteiger partial charge in [0.15, 0.2) is 0 Å². The number of benzene rings is 1. The van der Waals surface area contributed by atoms with Crippen molar-refractivity contribution in [3.63, 3.8) is 0 Å². The number of hydrogen-bond donors (Lipinski definition) is 1. The molecule has 4 bridgehead atoms. The molecule has 184 valence electrons. The molecule has 3 aromatic rings. The highest BCUT2D eigenvalue weighted by Crippen LogP contribution is 2.64. The Balaban J connectivity index is 1.28. The molecule has 2 unspecified atom stereocenters. The number of carbonyl (C=O) groups excluding carboxylic acids is 1. The lowest BCUT2D eigenvalue weighted by atomic mass is 9.46. The maximum absolute atomic E-state index is 14.4. The van der Waals surface area contributed by atoms with Gasteiger partial charge in [0.1, 0.15) is 12.1 Å². The number of anilines is 1. The molecule has 1 aromatic carbocycles. The summed E-state index contributed by atoms with van der Waals surface area (Å²) < 4.78 is 18.0. The Morgan fingerprint density at radius 2 is 1.91 bits per heavy atom. The van der Waals surface area contributed by atoms with Crippen molar-refractivity contribution in [1.82, 2.24) is 24.5 Å². The van der Waals surface area contributed by atoms with E-state index in [4.69, 9.17) is 23.2 Å². The number of aromatic nitrogens is 5. The van der Waals surface area contributed by atoms with Gasteiger partial charge in [0.25, 0.3) is 0 Å². The van der Waals surface area contributed by atoms with Gasteiger partial charge in [0.2, 0.25) is 11.2 Å². The summed E-state index contributed by atoms with van der Waals surface area (Å²) >= 11 is 12.3. The lowest BCUT2D eigenvalue weighted by molar-refractivity contribution is -0.150.